The number of aryl methyl sites for hydroxylation is 1. The number of hydrogen-bond acceptors (Lipinski definition) is 6. The molecule has 8 nitrogen and oxygen atoms in total. The van der Waals surface area contributed by atoms with Gasteiger partial charge in [0.2, 0.25) is 5.91 Å². The second-order valence-electron chi connectivity index (χ2n) is 10.3. The van der Waals surface area contributed by atoms with Crippen molar-refractivity contribution < 1.29 is 24.2 Å². The van der Waals surface area contributed by atoms with E-state index in [1.165, 1.54) is 6.07 Å². The molecule has 2 aromatic heterocycles. The van der Waals surface area contributed by atoms with Crippen LogP contribution in [0.5, 0.6) is 0 Å². The largest absolute Gasteiger partial charge is 0.396 e. The molecule has 3 aliphatic rings. The van der Waals surface area contributed by atoms with Crippen molar-refractivity contribution in [3.63, 3.8) is 0 Å². The number of nitrogens with zero attached hydrogens (tertiary/aromatic N) is 2. The summed E-state index contributed by atoms with van der Waals surface area (Å²) < 4.78 is 16.4. The molecule has 38 heavy (non-hydrogen) atoms. The number of nitrogens with one attached hydrogen (secondary N) is 1. The van der Waals surface area contributed by atoms with Gasteiger partial charge in [-0.3, -0.25) is 14.4 Å². The van der Waals surface area contributed by atoms with E-state index in [-0.39, 0.29) is 61.1 Å². The molecule has 1 aliphatic heterocycles. The number of Topliss-reactive ketones (excluding diaryl/α,β-unsaturated/α-hetero) is 1. The zero-order valence-corrected chi connectivity index (χ0v) is 21.6. The van der Waals surface area contributed by atoms with Gasteiger partial charge in [0.15, 0.2) is 5.78 Å². The summed E-state index contributed by atoms with van der Waals surface area (Å²) in [7, 11) is 0. The first-order chi connectivity index (χ1) is 18.2. The van der Waals surface area contributed by atoms with Gasteiger partial charge in [0.25, 0.3) is 5.56 Å². The first kappa shape index (κ1) is 25.2. The molecular weight excluding hydrogens is 513 g/mol. The molecule has 3 aromatic rings. The molecule has 1 aromatic carbocycles. The number of hydrogen-bond donors (Lipinski definition) is 3. The van der Waals surface area contributed by atoms with Crippen LogP contribution in [-0.2, 0) is 34.6 Å². The van der Waals surface area contributed by atoms with Crippen molar-refractivity contribution in [3.05, 3.63) is 61.1 Å². The molecule has 198 valence electrons. The molecular formula is C28H27ClFN3O5. The predicted octanol–water partition coefficient (Wildman–Crippen LogP) is 3.21. The third kappa shape index (κ3) is 3.48. The minimum atomic E-state index is -1.74. The van der Waals surface area contributed by atoms with E-state index < -0.39 is 17.5 Å². The third-order valence-corrected chi connectivity index (χ3v) is 8.73. The number of rotatable bonds is 5. The Morgan fingerprint density at radius 2 is 2.03 bits per heavy atom. The highest BCUT2D eigenvalue weighted by molar-refractivity contribution is 6.32. The Balaban J connectivity index is 1.60. The Hall–Kier alpha value is -3.14. The van der Waals surface area contributed by atoms with Gasteiger partial charge in [0.05, 0.1) is 34.5 Å². The van der Waals surface area contributed by atoms with Crippen LogP contribution >= 0.6 is 11.6 Å². The third-order valence-electron chi connectivity index (χ3n) is 8.32. The molecule has 1 amide bonds. The van der Waals surface area contributed by atoms with Crippen LogP contribution in [0.3, 0.4) is 0 Å². The van der Waals surface area contributed by atoms with Crippen LogP contribution in [0.2, 0.25) is 5.02 Å². The zero-order valence-electron chi connectivity index (χ0n) is 20.9. The quantitative estimate of drug-likeness (QED) is 0.358. The number of carbonyl (C=O) groups is 2. The van der Waals surface area contributed by atoms with E-state index in [1.807, 2.05) is 0 Å². The Morgan fingerprint density at radius 1 is 1.24 bits per heavy atom. The van der Waals surface area contributed by atoms with Crippen molar-refractivity contribution in [1.82, 2.24) is 14.9 Å². The van der Waals surface area contributed by atoms with Gasteiger partial charge in [-0.2, -0.15) is 0 Å². The molecule has 2 aliphatic carbocycles. The molecule has 6 rings (SSSR count). The Bertz CT molecular complexity index is 1620. The summed E-state index contributed by atoms with van der Waals surface area (Å²) in [6, 6.07) is 2.54. The van der Waals surface area contributed by atoms with Crippen LogP contribution in [0.1, 0.15) is 72.9 Å². The fraction of sp³-hybridized carbons (Fsp3) is 0.429. The van der Waals surface area contributed by atoms with Gasteiger partial charge in [0.1, 0.15) is 11.4 Å². The Labute approximate surface area is 222 Å². The van der Waals surface area contributed by atoms with Crippen LogP contribution in [0.25, 0.3) is 22.3 Å². The molecule has 0 spiro atoms. The first-order valence-corrected chi connectivity index (χ1v) is 13.3. The molecule has 0 radical (unpaired) electrons. The highest BCUT2D eigenvalue weighted by atomic mass is 35.5. The monoisotopic (exact) mass is 539 g/mol. The van der Waals surface area contributed by atoms with E-state index in [9.17, 15) is 23.9 Å². The normalized spacial score (nSPS) is 21.3. The summed E-state index contributed by atoms with van der Waals surface area (Å²) in [6.07, 6.45) is 1.91. The summed E-state index contributed by atoms with van der Waals surface area (Å²) >= 11 is 6.38. The first-order valence-electron chi connectivity index (χ1n) is 13.0. The average molecular weight is 540 g/mol. The van der Waals surface area contributed by atoms with Gasteiger partial charge in [-0.05, 0) is 49.3 Å². The minimum Gasteiger partial charge on any atom is -0.396 e. The Morgan fingerprint density at radius 3 is 2.76 bits per heavy atom. The van der Waals surface area contributed by atoms with E-state index in [1.54, 1.807) is 17.6 Å². The summed E-state index contributed by atoms with van der Waals surface area (Å²) in [4.78, 5) is 43.8. The maximum atomic E-state index is 14.8. The SMILES string of the molecule is CC[C@@]1(O)C(=O)CCc2c1cc1n(c2=O)Cc2c-1nc1cc(F)c(Cl)c3c1c2[C@H](NC(=O)CCCO)CC3. The number of aromatic nitrogens is 2. The number of aliphatic hydroxyl groups excluding tert-OH is 1. The molecule has 0 saturated heterocycles. The highest BCUT2D eigenvalue weighted by Crippen LogP contribution is 2.46. The molecule has 0 unspecified atom stereocenters. The maximum absolute atomic E-state index is 14.8. The lowest BCUT2D eigenvalue weighted by Crippen LogP contribution is -2.43. The summed E-state index contributed by atoms with van der Waals surface area (Å²) in [5.74, 6) is -1.12. The van der Waals surface area contributed by atoms with E-state index in [4.69, 9.17) is 21.7 Å². The topological polar surface area (TPSA) is 122 Å². The lowest BCUT2D eigenvalue weighted by atomic mass is 9.77. The van der Waals surface area contributed by atoms with Crippen LogP contribution in [-0.4, -0.2) is 38.1 Å². The maximum Gasteiger partial charge on any atom is 0.254 e. The van der Waals surface area contributed by atoms with Gasteiger partial charge in [-0.25, -0.2) is 9.37 Å². The number of carbonyl (C=O) groups excluding carboxylic acids is 2. The van der Waals surface area contributed by atoms with Crippen LogP contribution in [0.15, 0.2) is 16.9 Å². The van der Waals surface area contributed by atoms with Crippen LogP contribution < -0.4 is 10.9 Å². The van der Waals surface area contributed by atoms with E-state index in [0.29, 0.717) is 58.2 Å². The van der Waals surface area contributed by atoms with Gasteiger partial charge in [-0.15, -0.1) is 0 Å². The number of fused-ring (bicyclic) bond motifs is 5. The molecule has 3 heterocycles. The standard InChI is InChI=1S/C28H27ClFN3O5/c1-2-28(38)16-10-20-26-15(12-33(20)27(37)13(16)6-8-21(28)35)24-18(31-22(36)4-3-9-34)7-5-14-23(24)19(32-26)11-17(30)25(14)29/h10-11,18,34,38H,2-9,12H2,1H3,(H,31,36)/t18-,28+/m1/s1. The minimum absolute atomic E-state index is 0.0280. The number of halogens is 2. The highest BCUT2D eigenvalue weighted by Gasteiger charge is 2.44. The summed E-state index contributed by atoms with van der Waals surface area (Å²) in [5, 5.41) is 24.2. The van der Waals surface area contributed by atoms with Gasteiger partial charge in [-0.1, -0.05) is 18.5 Å². The van der Waals surface area contributed by atoms with Crippen molar-refractivity contribution in [3.8, 4) is 11.4 Å². The number of aliphatic hydroxyl groups is 2. The number of amides is 1. The smallest absolute Gasteiger partial charge is 0.254 e. The number of ketones is 1. The molecule has 0 saturated carbocycles. The van der Waals surface area contributed by atoms with Crippen LogP contribution in [0.4, 0.5) is 4.39 Å². The van der Waals surface area contributed by atoms with E-state index >= 15 is 0 Å². The van der Waals surface area contributed by atoms with Gasteiger partial charge >= 0.3 is 0 Å². The fourth-order valence-corrected chi connectivity index (χ4v) is 6.63. The summed E-state index contributed by atoms with van der Waals surface area (Å²) in [6.45, 7) is 1.81. The van der Waals surface area contributed by atoms with Crippen molar-refractivity contribution >= 4 is 34.2 Å². The fourth-order valence-electron chi connectivity index (χ4n) is 6.39. The van der Waals surface area contributed by atoms with Crippen molar-refractivity contribution in [2.45, 2.75) is 70.1 Å². The molecule has 0 bridgehead atoms. The second-order valence-corrected chi connectivity index (χ2v) is 10.7. The van der Waals surface area contributed by atoms with E-state index in [2.05, 4.69) is 5.32 Å². The summed E-state index contributed by atoms with van der Waals surface area (Å²) in [5.41, 5.74) is 2.12. The van der Waals surface area contributed by atoms with Gasteiger partial charge in [0, 0.05) is 47.6 Å². The molecule has 2 atom stereocenters. The van der Waals surface area contributed by atoms with E-state index in [0.717, 1.165) is 11.1 Å². The zero-order chi connectivity index (χ0) is 26.9. The lowest BCUT2D eigenvalue weighted by Gasteiger charge is -2.32. The number of benzene rings is 1. The van der Waals surface area contributed by atoms with Gasteiger partial charge < -0.3 is 20.1 Å². The number of pyridine rings is 2. The predicted molar refractivity (Wildman–Crippen MR) is 139 cm³/mol. The van der Waals surface area contributed by atoms with Crippen molar-refractivity contribution in [1.29, 1.82) is 0 Å². The molecule has 10 heteroatoms. The molecule has 0 fully saturated rings. The second kappa shape index (κ2) is 8.97. The van der Waals surface area contributed by atoms with Crippen molar-refractivity contribution in [2.75, 3.05) is 6.61 Å². The lowest BCUT2D eigenvalue weighted by molar-refractivity contribution is -0.140. The Kier molecular flexibility index (Phi) is 5.93. The molecule has 3 N–H and O–H groups in total. The van der Waals surface area contributed by atoms with Crippen molar-refractivity contribution in [2.24, 2.45) is 0 Å². The average Bonchev–Trinajstić information content (AvgIpc) is 3.27. The van der Waals surface area contributed by atoms with Crippen LogP contribution in [0, 0.1) is 5.82 Å².